The maximum absolute atomic E-state index is 13.7. The number of hydrogen-bond donors (Lipinski definition) is 0. The molecular weight excluding hydrogens is 504 g/mol. The summed E-state index contributed by atoms with van der Waals surface area (Å²) in [6.07, 6.45) is 1.60. The molecule has 3 heterocycles. The van der Waals surface area contributed by atoms with Crippen LogP contribution in [0.5, 0.6) is 5.75 Å². The van der Waals surface area contributed by atoms with Crippen molar-refractivity contribution in [2.75, 3.05) is 17.3 Å². The first kappa shape index (κ1) is 23.4. The Hall–Kier alpha value is -3.95. The number of furan rings is 1. The molecule has 1 aliphatic heterocycles. The van der Waals surface area contributed by atoms with Crippen molar-refractivity contribution in [1.82, 2.24) is 14.8 Å². The summed E-state index contributed by atoms with van der Waals surface area (Å²) in [5.41, 5.74) is 2.63. The molecule has 0 radical (unpaired) electrons. The van der Waals surface area contributed by atoms with Crippen LogP contribution in [0, 0.1) is 0 Å². The zero-order chi connectivity index (χ0) is 25.2. The molecule has 0 aliphatic carbocycles. The number of aromatic nitrogens is 3. The predicted octanol–water partition coefficient (Wildman–Crippen LogP) is 6.85. The smallest absolute Gasteiger partial charge is 0.242 e. The summed E-state index contributed by atoms with van der Waals surface area (Å²) in [6.45, 7) is 2.54. The van der Waals surface area contributed by atoms with E-state index in [9.17, 15) is 4.79 Å². The Morgan fingerprint density at radius 3 is 2.27 bits per heavy atom. The molecule has 0 spiro atoms. The normalized spacial score (nSPS) is 12.2. The van der Waals surface area contributed by atoms with Crippen molar-refractivity contribution in [3.05, 3.63) is 91.2 Å². The zero-order valence-corrected chi connectivity index (χ0v) is 21.5. The summed E-state index contributed by atoms with van der Waals surface area (Å²) in [5.74, 6) is 2.08. The van der Waals surface area contributed by atoms with Crippen molar-refractivity contribution in [1.29, 1.82) is 0 Å². The molecule has 0 unspecified atom stereocenters. The van der Waals surface area contributed by atoms with Gasteiger partial charge in [0.05, 0.1) is 35.7 Å². The van der Waals surface area contributed by atoms with Crippen molar-refractivity contribution in [3.8, 4) is 23.0 Å². The Kier molecular flexibility index (Phi) is 6.46. The number of carbonyl (C=O) groups excluding carboxylic acids is 1. The number of benzene rings is 3. The predicted molar refractivity (Wildman–Crippen MR) is 145 cm³/mol. The van der Waals surface area contributed by atoms with E-state index in [1.54, 1.807) is 22.9 Å². The average molecular weight is 527 g/mol. The van der Waals surface area contributed by atoms with Gasteiger partial charge in [0.15, 0.2) is 10.9 Å². The number of nitrogens with zero attached hydrogens (tertiary/aromatic N) is 4. The molecule has 0 saturated heterocycles. The number of rotatable bonds is 7. The van der Waals surface area contributed by atoms with Crippen LogP contribution < -0.4 is 9.64 Å². The third-order valence-corrected chi connectivity index (χ3v) is 7.83. The van der Waals surface area contributed by atoms with Gasteiger partial charge in [0, 0.05) is 9.79 Å². The quantitative estimate of drug-likeness (QED) is 0.215. The first-order valence-electron chi connectivity index (χ1n) is 11.8. The molecule has 0 saturated carbocycles. The van der Waals surface area contributed by atoms with Crippen LogP contribution in [0.15, 0.2) is 111 Å². The largest absolute Gasteiger partial charge is 0.494 e. The molecule has 0 fully saturated rings. The van der Waals surface area contributed by atoms with E-state index in [1.165, 1.54) is 11.8 Å². The maximum atomic E-state index is 13.7. The van der Waals surface area contributed by atoms with E-state index in [4.69, 9.17) is 9.15 Å². The monoisotopic (exact) mass is 526 g/mol. The minimum absolute atomic E-state index is 0.0361. The van der Waals surface area contributed by atoms with Crippen molar-refractivity contribution in [2.24, 2.45) is 0 Å². The molecule has 3 aromatic carbocycles. The first-order chi connectivity index (χ1) is 18.2. The topological polar surface area (TPSA) is 73.4 Å². The highest BCUT2D eigenvalue weighted by atomic mass is 32.2. The fourth-order valence-corrected chi connectivity index (χ4v) is 6.04. The third-order valence-electron chi connectivity index (χ3n) is 5.79. The van der Waals surface area contributed by atoms with E-state index in [0.717, 1.165) is 32.6 Å². The van der Waals surface area contributed by atoms with Gasteiger partial charge in [-0.3, -0.25) is 14.3 Å². The number of amides is 1. The zero-order valence-electron chi connectivity index (χ0n) is 19.9. The van der Waals surface area contributed by atoms with E-state index < -0.39 is 0 Å². The van der Waals surface area contributed by atoms with E-state index in [0.29, 0.717) is 23.3 Å². The van der Waals surface area contributed by atoms with Crippen LogP contribution in [-0.2, 0) is 4.79 Å². The minimum Gasteiger partial charge on any atom is -0.494 e. The lowest BCUT2D eigenvalue weighted by molar-refractivity contribution is -0.115. The van der Waals surface area contributed by atoms with Gasteiger partial charge in [0.25, 0.3) is 0 Å². The lowest BCUT2D eigenvalue weighted by atomic mass is 10.2. The van der Waals surface area contributed by atoms with Crippen LogP contribution >= 0.6 is 23.5 Å². The van der Waals surface area contributed by atoms with Crippen molar-refractivity contribution < 1.29 is 13.9 Å². The summed E-state index contributed by atoms with van der Waals surface area (Å²) in [6, 6.07) is 27.3. The molecule has 37 heavy (non-hydrogen) atoms. The summed E-state index contributed by atoms with van der Waals surface area (Å²) in [7, 11) is 0. The molecule has 184 valence electrons. The van der Waals surface area contributed by atoms with E-state index in [-0.39, 0.29) is 11.7 Å². The Balaban J connectivity index is 1.32. The Bertz CT molecular complexity index is 1500. The molecule has 1 amide bonds. The molecule has 9 heteroatoms. The standard InChI is InChI=1S/C28H22N4O3S2/c1-2-34-20-15-13-19(14-16-20)31-27(23-10-7-17-35-23)29-30-28(31)36-18-26(33)32-21-8-3-5-11-24(21)37-25-12-6-4-9-22(25)32/h3-17H,2,18H2,1H3. The van der Waals surface area contributed by atoms with Gasteiger partial charge in [-0.15, -0.1) is 10.2 Å². The highest BCUT2D eigenvalue weighted by Gasteiger charge is 2.28. The molecule has 1 aliphatic rings. The highest BCUT2D eigenvalue weighted by molar-refractivity contribution is 8.00. The molecule has 5 aromatic rings. The average Bonchev–Trinajstić information content (AvgIpc) is 3.61. The maximum Gasteiger partial charge on any atom is 0.242 e. The number of anilines is 2. The number of fused-ring (bicyclic) bond motifs is 2. The van der Waals surface area contributed by atoms with E-state index in [2.05, 4.69) is 10.2 Å². The summed E-state index contributed by atoms with van der Waals surface area (Å²) < 4.78 is 13.1. The molecular formula is C28H22N4O3S2. The van der Waals surface area contributed by atoms with Crippen LogP contribution in [-0.4, -0.2) is 33.0 Å². The van der Waals surface area contributed by atoms with Gasteiger partial charge in [-0.25, -0.2) is 0 Å². The number of hydrogen-bond acceptors (Lipinski definition) is 7. The van der Waals surface area contributed by atoms with Crippen LogP contribution in [0.25, 0.3) is 17.3 Å². The van der Waals surface area contributed by atoms with Crippen LogP contribution in [0.4, 0.5) is 11.4 Å². The van der Waals surface area contributed by atoms with Gasteiger partial charge in [0.1, 0.15) is 5.75 Å². The lowest BCUT2D eigenvalue weighted by Gasteiger charge is -2.30. The van der Waals surface area contributed by atoms with Gasteiger partial charge in [-0.1, -0.05) is 47.8 Å². The Morgan fingerprint density at radius 1 is 0.919 bits per heavy atom. The number of carbonyl (C=O) groups is 1. The van der Waals surface area contributed by atoms with Crippen molar-refractivity contribution in [2.45, 2.75) is 21.9 Å². The number of ether oxygens (including phenoxy) is 1. The van der Waals surface area contributed by atoms with E-state index in [1.807, 2.05) is 96.4 Å². The van der Waals surface area contributed by atoms with Gasteiger partial charge in [-0.05, 0) is 67.6 Å². The van der Waals surface area contributed by atoms with Crippen molar-refractivity contribution in [3.63, 3.8) is 0 Å². The Morgan fingerprint density at radius 2 is 1.62 bits per heavy atom. The van der Waals surface area contributed by atoms with Crippen LogP contribution in [0.3, 0.4) is 0 Å². The second kappa shape index (κ2) is 10.2. The number of thioether (sulfide) groups is 1. The Labute approximate surface area is 222 Å². The summed E-state index contributed by atoms with van der Waals surface area (Å²) >= 11 is 3.02. The molecule has 0 atom stereocenters. The third kappa shape index (κ3) is 4.52. The number of para-hydroxylation sites is 2. The van der Waals surface area contributed by atoms with Gasteiger partial charge < -0.3 is 9.15 Å². The second-order valence-corrected chi connectivity index (χ2v) is 10.1. The molecule has 0 bridgehead atoms. The highest BCUT2D eigenvalue weighted by Crippen LogP contribution is 2.48. The fourth-order valence-electron chi connectivity index (χ4n) is 4.18. The van der Waals surface area contributed by atoms with Crippen LogP contribution in [0.1, 0.15) is 6.92 Å². The van der Waals surface area contributed by atoms with E-state index >= 15 is 0 Å². The lowest BCUT2D eigenvalue weighted by Crippen LogP contribution is -2.30. The minimum atomic E-state index is -0.0361. The second-order valence-electron chi connectivity index (χ2n) is 8.10. The summed E-state index contributed by atoms with van der Waals surface area (Å²) in [5, 5.41) is 9.41. The van der Waals surface area contributed by atoms with Crippen LogP contribution in [0.2, 0.25) is 0 Å². The molecule has 6 rings (SSSR count). The van der Waals surface area contributed by atoms with Crippen molar-refractivity contribution >= 4 is 40.8 Å². The first-order valence-corrected chi connectivity index (χ1v) is 13.6. The summed E-state index contributed by atoms with van der Waals surface area (Å²) in [4.78, 5) is 17.6. The SMILES string of the molecule is CCOc1ccc(-n2c(SCC(=O)N3c4ccccc4Sc4ccccc43)nnc2-c2ccco2)cc1. The van der Waals surface area contributed by atoms with Gasteiger partial charge >= 0.3 is 0 Å². The molecule has 2 aromatic heterocycles. The fraction of sp³-hybridized carbons (Fsp3) is 0.107. The molecule has 7 nitrogen and oxygen atoms in total. The van der Waals surface area contributed by atoms with Gasteiger partial charge in [0.2, 0.25) is 11.7 Å². The van der Waals surface area contributed by atoms with Gasteiger partial charge in [-0.2, -0.15) is 0 Å². The molecule has 0 N–H and O–H groups in total.